The average Bonchev–Trinajstić information content (AvgIpc) is 3.09. The van der Waals surface area contributed by atoms with Gasteiger partial charge in [0.15, 0.2) is 5.78 Å². The first-order chi connectivity index (χ1) is 17.7. The van der Waals surface area contributed by atoms with Crippen LogP contribution in [0.5, 0.6) is 0 Å². The molecule has 0 radical (unpaired) electrons. The fourth-order valence-corrected chi connectivity index (χ4v) is 10.1. The molecule has 10 atom stereocenters. The molecule has 0 aromatic rings. The van der Waals surface area contributed by atoms with Gasteiger partial charge in [0, 0.05) is 6.92 Å². The summed E-state index contributed by atoms with van der Waals surface area (Å²) in [6.45, 7) is 14.4. The summed E-state index contributed by atoms with van der Waals surface area (Å²) in [4.78, 5) is 25.4. The Kier molecular flexibility index (Phi) is 8.13. The second-order valence-electron chi connectivity index (χ2n) is 13.8. The Balaban J connectivity index is 1.86. The maximum Gasteiger partial charge on any atom is 0.303 e. The minimum atomic E-state index is -0.566. The summed E-state index contributed by atoms with van der Waals surface area (Å²) in [6, 6.07) is 0. The summed E-state index contributed by atoms with van der Waals surface area (Å²) in [6.07, 6.45) is 6.82. The minimum Gasteiger partial charge on any atom is -0.458 e. The van der Waals surface area contributed by atoms with E-state index in [-0.39, 0.29) is 51.9 Å². The van der Waals surface area contributed by atoms with Crippen molar-refractivity contribution < 1.29 is 24.5 Å². The lowest BCUT2D eigenvalue weighted by molar-refractivity contribution is -0.237. The average molecular weight is 530 g/mol. The SMILES string of the molecule is CC(=O)O[C@H]1C[C@@]2(C)[C@@H](C[C@@H](O)[C@H]3[C@@]4(C)CC[C@@H](O)[C@@H](C)[C@@H]4CC[C@@]32CN)/C1=C(\CCC=C(C)C)C(C)=O. The molecule has 0 heterocycles. The van der Waals surface area contributed by atoms with Crippen molar-refractivity contribution in [1.29, 1.82) is 0 Å². The Bertz CT molecular complexity index is 1010. The first-order valence-corrected chi connectivity index (χ1v) is 14.8. The topological polar surface area (TPSA) is 110 Å². The van der Waals surface area contributed by atoms with E-state index in [0.29, 0.717) is 31.7 Å². The van der Waals surface area contributed by atoms with Crippen LogP contribution in [-0.2, 0) is 14.3 Å². The summed E-state index contributed by atoms with van der Waals surface area (Å²) in [5.74, 6) is 0.134. The molecule has 4 N–H and O–H groups in total. The Labute approximate surface area is 229 Å². The number of aliphatic hydroxyl groups is 2. The monoisotopic (exact) mass is 529 g/mol. The van der Waals surface area contributed by atoms with Crippen molar-refractivity contribution in [3.8, 4) is 0 Å². The molecule has 4 aliphatic carbocycles. The standard InChI is InChI=1S/C32H51NO5/c1-18(2)9-8-10-22(20(4)34)28-24-15-26(37)29-30(6)13-12-25(36)19(3)23(30)11-14-32(29,17-33)31(24,7)16-27(28)38-21(5)35/h9,19,23-27,29,36-37H,8,10-17,33H2,1-7H3/b28-22-/t19-,23-,24-,25+,26+,27-,29-,30-,31-,32+/m0/s1. The molecule has 0 aromatic carbocycles. The van der Waals surface area contributed by atoms with E-state index in [1.165, 1.54) is 12.5 Å². The second-order valence-corrected chi connectivity index (χ2v) is 13.8. The molecular weight excluding hydrogens is 478 g/mol. The summed E-state index contributed by atoms with van der Waals surface area (Å²) < 4.78 is 5.99. The first kappa shape index (κ1) is 29.5. The van der Waals surface area contributed by atoms with Crippen LogP contribution < -0.4 is 5.73 Å². The smallest absolute Gasteiger partial charge is 0.303 e. The van der Waals surface area contributed by atoms with E-state index in [0.717, 1.165) is 43.3 Å². The summed E-state index contributed by atoms with van der Waals surface area (Å²) in [7, 11) is 0. The van der Waals surface area contributed by atoms with Gasteiger partial charge in [0.2, 0.25) is 0 Å². The Morgan fingerprint density at radius 2 is 1.76 bits per heavy atom. The number of ether oxygens (including phenoxy) is 1. The number of aliphatic hydroxyl groups excluding tert-OH is 2. The number of fused-ring (bicyclic) bond motifs is 5. The van der Waals surface area contributed by atoms with Crippen LogP contribution in [0.1, 0.15) is 99.8 Å². The van der Waals surface area contributed by atoms with Gasteiger partial charge in [-0.3, -0.25) is 9.59 Å². The number of carbonyl (C=O) groups is 2. The molecular formula is C32H51NO5. The van der Waals surface area contributed by atoms with Gasteiger partial charge in [0.25, 0.3) is 0 Å². The van der Waals surface area contributed by atoms with Crippen molar-refractivity contribution in [2.45, 2.75) is 118 Å². The van der Waals surface area contributed by atoms with Crippen LogP contribution in [0.4, 0.5) is 0 Å². The van der Waals surface area contributed by atoms with Crippen molar-refractivity contribution >= 4 is 11.8 Å². The molecule has 0 unspecified atom stereocenters. The highest BCUT2D eigenvalue weighted by Gasteiger charge is 2.72. The van der Waals surface area contributed by atoms with E-state index in [1.54, 1.807) is 6.92 Å². The van der Waals surface area contributed by atoms with E-state index >= 15 is 0 Å². The number of esters is 1. The highest BCUT2D eigenvalue weighted by molar-refractivity contribution is 5.94. The van der Waals surface area contributed by atoms with Gasteiger partial charge in [0.1, 0.15) is 6.10 Å². The van der Waals surface area contributed by atoms with Gasteiger partial charge < -0.3 is 20.7 Å². The molecule has 4 rings (SSSR count). The lowest BCUT2D eigenvalue weighted by Gasteiger charge is -2.69. The number of hydrogen-bond donors (Lipinski definition) is 3. The van der Waals surface area contributed by atoms with Gasteiger partial charge in [-0.05, 0) is 130 Å². The number of carbonyl (C=O) groups excluding carboxylic acids is 2. The van der Waals surface area contributed by atoms with Crippen LogP contribution in [0.15, 0.2) is 22.8 Å². The maximum atomic E-state index is 13.1. The number of ketones is 1. The first-order valence-electron chi connectivity index (χ1n) is 14.8. The van der Waals surface area contributed by atoms with Crippen molar-refractivity contribution in [3.63, 3.8) is 0 Å². The predicted molar refractivity (Wildman–Crippen MR) is 149 cm³/mol. The molecule has 214 valence electrons. The van der Waals surface area contributed by atoms with Gasteiger partial charge in [-0.15, -0.1) is 0 Å². The normalized spacial score (nSPS) is 45.4. The Hall–Kier alpha value is -1.50. The molecule has 4 saturated carbocycles. The molecule has 0 amide bonds. The van der Waals surface area contributed by atoms with Gasteiger partial charge in [-0.2, -0.15) is 0 Å². The number of allylic oxidation sites excluding steroid dienone is 3. The number of Topliss-reactive ketones (excluding diaryl/α,β-unsaturated/α-hetero) is 1. The molecule has 0 saturated heterocycles. The van der Waals surface area contributed by atoms with E-state index in [4.69, 9.17) is 10.5 Å². The quantitative estimate of drug-likeness (QED) is 0.251. The highest BCUT2D eigenvalue weighted by Crippen LogP contribution is 2.74. The lowest BCUT2D eigenvalue weighted by Crippen LogP contribution is -2.68. The molecule has 0 aromatic heterocycles. The lowest BCUT2D eigenvalue weighted by atomic mass is 9.36. The fourth-order valence-electron chi connectivity index (χ4n) is 10.1. The molecule has 0 bridgehead atoms. The zero-order valence-electron chi connectivity index (χ0n) is 24.7. The van der Waals surface area contributed by atoms with Crippen LogP contribution in [0, 0.1) is 39.9 Å². The van der Waals surface area contributed by atoms with E-state index in [1.807, 2.05) is 0 Å². The van der Waals surface area contributed by atoms with Gasteiger partial charge in [-0.1, -0.05) is 32.4 Å². The van der Waals surface area contributed by atoms with E-state index in [9.17, 15) is 19.8 Å². The minimum absolute atomic E-state index is 0.00118. The number of nitrogens with two attached hydrogens (primary N) is 1. The molecule has 0 spiro atoms. The fraction of sp³-hybridized carbons (Fsp3) is 0.812. The second kappa shape index (κ2) is 10.5. The predicted octanol–water partition coefficient (Wildman–Crippen LogP) is 5.11. The molecule has 6 nitrogen and oxygen atoms in total. The summed E-state index contributed by atoms with van der Waals surface area (Å²) >= 11 is 0. The van der Waals surface area contributed by atoms with Crippen LogP contribution in [0.25, 0.3) is 0 Å². The van der Waals surface area contributed by atoms with Gasteiger partial charge >= 0.3 is 5.97 Å². The van der Waals surface area contributed by atoms with E-state index in [2.05, 4.69) is 40.7 Å². The maximum absolute atomic E-state index is 13.1. The van der Waals surface area contributed by atoms with Gasteiger partial charge in [-0.25, -0.2) is 0 Å². The molecule has 38 heavy (non-hydrogen) atoms. The third kappa shape index (κ3) is 4.43. The van der Waals surface area contributed by atoms with Crippen molar-refractivity contribution in [1.82, 2.24) is 0 Å². The van der Waals surface area contributed by atoms with Crippen molar-refractivity contribution in [2.24, 2.45) is 45.7 Å². The zero-order valence-corrected chi connectivity index (χ0v) is 24.7. The van der Waals surface area contributed by atoms with Crippen molar-refractivity contribution in [3.05, 3.63) is 22.8 Å². The van der Waals surface area contributed by atoms with Gasteiger partial charge in [0.05, 0.1) is 12.2 Å². The molecule has 0 aliphatic heterocycles. The van der Waals surface area contributed by atoms with Crippen molar-refractivity contribution in [2.75, 3.05) is 6.54 Å². The van der Waals surface area contributed by atoms with Crippen LogP contribution >= 0.6 is 0 Å². The molecule has 4 fully saturated rings. The van der Waals surface area contributed by atoms with Crippen LogP contribution in [0.3, 0.4) is 0 Å². The largest absolute Gasteiger partial charge is 0.458 e. The summed E-state index contributed by atoms with van der Waals surface area (Å²) in [5.41, 5.74) is 8.90. The Morgan fingerprint density at radius 3 is 2.34 bits per heavy atom. The molecule has 4 aliphatic rings. The third-order valence-electron chi connectivity index (χ3n) is 11.8. The molecule has 6 heteroatoms. The Morgan fingerprint density at radius 1 is 1.08 bits per heavy atom. The van der Waals surface area contributed by atoms with E-state index < -0.39 is 12.2 Å². The highest BCUT2D eigenvalue weighted by atomic mass is 16.5. The third-order valence-corrected chi connectivity index (χ3v) is 11.8. The number of hydrogen-bond acceptors (Lipinski definition) is 6. The van der Waals surface area contributed by atoms with Crippen LogP contribution in [0.2, 0.25) is 0 Å². The zero-order chi connectivity index (χ0) is 28.2. The van der Waals surface area contributed by atoms with Crippen LogP contribution in [-0.4, -0.2) is 46.8 Å². The number of rotatable bonds is 6. The summed E-state index contributed by atoms with van der Waals surface area (Å²) in [5, 5.41) is 22.7.